The van der Waals surface area contributed by atoms with Gasteiger partial charge in [0.1, 0.15) is 12.3 Å². The third-order valence-corrected chi connectivity index (χ3v) is 3.86. The van der Waals surface area contributed by atoms with Crippen LogP contribution < -0.4 is 0 Å². The number of rotatable bonds is 13. The molecule has 0 heterocycles. The van der Waals surface area contributed by atoms with Gasteiger partial charge in [0.05, 0.1) is 6.61 Å². The van der Waals surface area contributed by atoms with E-state index in [-0.39, 0.29) is 6.61 Å². The Morgan fingerprint density at radius 1 is 0.905 bits per heavy atom. The molecule has 0 amide bonds. The van der Waals surface area contributed by atoms with Crippen LogP contribution in [0.15, 0.2) is 11.6 Å². The summed E-state index contributed by atoms with van der Waals surface area (Å²) in [4.78, 5) is 0. The average molecular weight is 304 g/mol. The maximum absolute atomic E-state index is 13.7. The minimum Gasteiger partial charge on any atom is -0.392 e. The highest BCUT2D eigenvalue weighted by molar-refractivity contribution is 4.97. The molecule has 2 atom stereocenters. The van der Waals surface area contributed by atoms with Gasteiger partial charge in [0.2, 0.25) is 0 Å². The number of halogens is 2. The number of hydrogen-bond acceptors (Lipinski definition) is 1. The molecule has 0 aliphatic rings. The van der Waals surface area contributed by atoms with Crippen LogP contribution in [0.3, 0.4) is 0 Å². The Kier molecular flexibility index (Phi) is 13.0. The van der Waals surface area contributed by atoms with Gasteiger partial charge in [0, 0.05) is 0 Å². The lowest BCUT2D eigenvalue weighted by atomic mass is 10.0. The number of allylic oxidation sites excluding steroid dienone is 1. The van der Waals surface area contributed by atoms with Crippen molar-refractivity contribution in [3.05, 3.63) is 11.6 Å². The van der Waals surface area contributed by atoms with Gasteiger partial charge in [0.25, 0.3) is 0 Å². The Bertz CT molecular complexity index is 264. The van der Waals surface area contributed by atoms with Crippen LogP contribution in [0.2, 0.25) is 0 Å². The third kappa shape index (κ3) is 14.3. The molecule has 0 aromatic heterocycles. The SMILES string of the molecule is C/C(=C\CO)CCC[C@H](F)CCC[C@H](F)CCCC(C)C. The summed E-state index contributed by atoms with van der Waals surface area (Å²) in [6.45, 7) is 6.31. The van der Waals surface area contributed by atoms with Gasteiger partial charge in [-0.15, -0.1) is 0 Å². The predicted molar refractivity (Wildman–Crippen MR) is 87.0 cm³/mol. The van der Waals surface area contributed by atoms with Gasteiger partial charge in [-0.2, -0.15) is 0 Å². The molecule has 0 fully saturated rings. The van der Waals surface area contributed by atoms with E-state index < -0.39 is 12.3 Å². The van der Waals surface area contributed by atoms with Crippen molar-refractivity contribution < 1.29 is 13.9 Å². The molecular formula is C18H34F2O. The number of hydrogen-bond donors (Lipinski definition) is 1. The van der Waals surface area contributed by atoms with E-state index in [0.29, 0.717) is 38.0 Å². The molecule has 0 aromatic carbocycles. The van der Waals surface area contributed by atoms with Crippen molar-refractivity contribution in [1.29, 1.82) is 0 Å². The summed E-state index contributed by atoms with van der Waals surface area (Å²) in [5.74, 6) is 0.635. The molecule has 0 spiro atoms. The topological polar surface area (TPSA) is 20.2 Å². The summed E-state index contributed by atoms with van der Waals surface area (Å²) in [5, 5.41) is 8.72. The fourth-order valence-electron chi connectivity index (χ4n) is 2.46. The minimum absolute atomic E-state index is 0.0551. The number of aliphatic hydroxyl groups excluding tert-OH is 1. The molecule has 3 heteroatoms. The summed E-state index contributed by atoms with van der Waals surface area (Å²) in [6, 6.07) is 0. The first-order chi connectivity index (χ1) is 9.95. The Balaban J connectivity index is 3.52. The first-order valence-corrected chi connectivity index (χ1v) is 8.50. The van der Waals surface area contributed by atoms with E-state index in [4.69, 9.17) is 5.11 Å². The summed E-state index contributed by atoms with van der Waals surface area (Å²) in [6.07, 6.45) is 6.64. The largest absolute Gasteiger partial charge is 0.392 e. The number of aliphatic hydroxyl groups is 1. The van der Waals surface area contributed by atoms with Crippen LogP contribution in [0.25, 0.3) is 0 Å². The summed E-state index contributed by atoms with van der Waals surface area (Å²) < 4.78 is 27.2. The normalized spacial score (nSPS) is 15.5. The molecule has 21 heavy (non-hydrogen) atoms. The van der Waals surface area contributed by atoms with Crippen LogP contribution in [0.1, 0.15) is 78.6 Å². The van der Waals surface area contributed by atoms with Crippen molar-refractivity contribution in [3.63, 3.8) is 0 Å². The Morgan fingerprint density at radius 3 is 1.86 bits per heavy atom. The van der Waals surface area contributed by atoms with E-state index in [0.717, 1.165) is 31.3 Å². The van der Waals surface area contributed by atoms with Gasteiger partial charge in [-0.25, -0.2) is 8.78 Å². The van der Waals surface area contributed by atoms with Crippen LogP contribution in [0.4, 0.5) is 8.78 Å². The third-order valence-electron chi connectivity index (χ3n) is 3.86. The highest BCUT2D eigenvalue weighted by atomic mass is 19.1. The summed E-state index contributed by atoms with van der Waals surface area (Å²) in [7, 11) is 0. The van der Waals surface area contributed by atoms with Crippen LogP contribution in [-0.2, 0) is 0 Å². The van der Waals surface area contributed by atoms with Crippen LogP contribution in [0.5, 0.6) is 0 Å². The van der Waals surface area contributed by atoms with E-state index in [1.807, 2.05) is 6.92 Å². The molecule has 126 valence electrons. The zero-order chi connectivity index (χ0) is 16.1. The second-order valence-electron chi connectivity index (χ2n) is 6.58. The fraction of sp³-hybridized carbons (Fsp3) is 0.889. The van der Waals surface area contributed by atoms with Gasteiger partial charge >= 0.3 is 0 Å². The zero-order valence-electron chi connectivity index (χ0n) is 14.1. The molecule has 1 nitrogen and oxygen atoms in total. The van der Waals surface area contributed by atoms with Crippen molar-refractivity contribution in [2.24, 2.45) is 5.92 Å². The van der Waals surface area contributed by atoms with Crippen LogP contribution in [0, 0.1) is 5.92 Å². The maximum Gasteiger partial charge on any atom is 0.100 e. The van der Waals surface area contributed by atoms with Crippen molar-refractivity contribution in [3.8, 4) is 0 Å². The molecule has 0 rings (SSSR count). The van der Waals surface area contributed by atoms with Crippen molar-refractivity contribution in [2.45, 2.75) is 90.9 Å². The lowest BCUT2D eigenvalue weighted by Crippen LogP contribution is -2.05. The predicted octanol–water partition coefficient (Wildman–Crippen LogP) is 5.77. The molecule has 0 saturated carbocycles. The molecule has 0 saturated heterocycles. The second-order valence-corrected chi connectivity index (χ2v) is 6.58. The molecule has 1 N–H and O–H groups in total. The molecule has 0 unspecified atom stereocenters. The van der Waals surface area contributed by atoms with Crippen LogP contribution in [-0.4, -0.2) is 24.1 Å². The van der Waals surface area contributed by atoms with Gasteiger partial charge in [-0.3, -0.25) is 0 Å². The van der Waals surface area contributed by atoms with Gasteiger partial charge in [-0.1, -0.05) is 38.3 Å². The molecule has 0 radical (unpaired) electrons. The maximum atomic E-state index is 13.7. The molecule has 0 bridgehead atoms. The molecule has 0 aromatic rings. The average Bonchev–Trinajstić information content (AvgIpc) is 2.38. The Hall–Kier alpha value is -0.440. The first kappa shape index (κ1) is 20.6. The smallest absolute Gasteiger partial charge is 0.100 e. The summed E-state index contributed by atoms with van der Waals surface area (Å²) >= 11 is 0. The zero-order valence-corrected chi connectivity index (χ0v) is 14.1. The van der Waals surface area contributed by atoms with E-state index in [1.165, 1.54) is 0 Å². The molecule has 0 aliphatic carbocycles. The minimum atomic E-state index is -0.810. The lowest BCUT2D eigenvalue weighted by Gasteiger charge is -2.11. The number of alkyl halides is 2. The van der Waals surface area contributed by atoms with Crippen LogP contribution >= 0.6 is 0 Å². The quantitative estimate of drug-likeness (QED) is 0.428. The molecule has 0 aliphatic heterocycles. The van der Waals surface area contributed by atoms with Crippen molar-refractivity contribution >= 4 is 0 Å². The lowest BCUT2D eigenvalue weighted by molar-refractivity contribution is 0.244. The van der Waals surface area contributed by atoms with E-state index >= 15 is 0 Å². The van der Waals surface area contributed by atoms with Gasteiger partial charge in [-0.05, 0) is 57.8 Å². The Labute approximate surface area is 129 Å². The highest BCUT2D eigenvalue weighted by Crippen LogP contribution is 2.19. The van der Waals surface area contributed by atoms with Gasteiger partial charge in [0.15, 0.2) is 0 Å². The second kappa shape index (κ2) is 13.2. The monoisotopic (exact) mass is 304 g/mol. The van der Waals surface area contributed by atoms with Crippen molar-refractivity contribution in [1.82, 2.24) is 0 Å². The highest BCUT2D eigenvalue weighted by Gasteiger charge is 2.10. The van der Waals surface area contributed by atoms with E-state index in [2.05, 4.69) is 13.8 Å². The fourth-order valence-corrected chi connectivity index (χ4v) is 2.46. The summed E-state index contributed by atoms with van der Waals surface area (Å²) in [5.41, 5.74) is 1.11. The first-order valence-electron chi connectivity index (χ1n) is 8.50. The van der Waals surface area contributed by atoms with Crippen molar-refractivity contribution in [2.75, 3.05) is 6.61 Å². The standard InChI is InChI=1S/C18H34F2O/c1-15(2)7-4-9-17(19)11-6-12-18(20)10-5-8-16(3)13-14-21/h13,15,17-18,21H,4-12,14H2,1-3H3/b16-13+/t17-,18+/m1/s1. The van der Waals surface area contributed by atoms with E-state index in [9.17, 15) is 8.78 Å². The van der Waals surface area contributed by atoms with E-state index in [1.54, 1.807) is 6.08 Å². The molecular weight excluding hydrogens is 270 g/mol. The Morgan fingerprint density at radius 2 is 1.38 bits per heavy atom. The van der Waals surface area contributed by atoms with Gasteiger partial charge < -0.3 is 5.11 Å².